The summed E-state index contributed by atoms with van der Waals surface area (Å²) in [5, 5.41) is 4.01. The van der Waals surface area contributed by atoms with E-state index in [1.165, 1.54) is 12.8 Å². The zero-order valence-electron chi connectivity index (χ0n) is 9.29. The fourth-order valence-corrected chi connectivity index (χ4v) is 2.49. The van der Waals surface area contributed by atoms with Crippen LogP contribution < -0.4 is 5.32 Å². The molecule has 3 unspecified atom stereocenters. The maximum atomic E-state index is 5.71. The minimum Gasteiger partial charge on any atom is -0.448 e. The van der Waals surface area contributed by atoms with E-state index in [4.69, 9.17) is 16.0 Å². The first-order valence-electron chi connectivity index (χ1n) is 5.64. The van der Waals surface area contributed by atoms with Gasteiger partial charge in [-0.15, -0.1) is 0 Å². The maximum Gasteiger partial charge on any atom is 0.193 e. The molecule has 2 rings (SSSR count). The van der Waals surface area contributed by atoms with Gasteiger partial charge in [-0.25, -0.2) is 0 Å². The van der Waals surface area contributed by atoms with Gasteiger partial charge in [0.1, 0.15) is 5.76 Å². The van der Waals surface area contributed by atoms with Crippen LogP contribution in [0.4, 0.5) is 0 Å². The summed E-state index contributed by atoms with van der Waals surface area (Å²) in [5.41, 5.74) is 0. The van der Waals surface area contributed by atoms with Crippen LogP contribution in [0.15, 0.2) is 16.5 Å². The normalized spacial score (nSPS) is 31.0. The van der Waals surface area contributed by atoms with Gasteiger partial charge in [-0.2, -0.15) is 0 Å². The molecule has 1 aliphatic rings. The molecular weight excluding hydrogens is 210 g/mol. The Morgan fingerprint density at radius 1 is 1.40 bits per heavy atom. The van der Waals surface area contributed by atoms with Crippen LogP contribution in [-0.4, -0.2) is 6.04 Å². The Balaban J connectivity index is 1.83. The van der Waals surface area contributed by atoms with E-state index in [1.54, 1.807) is 6.07 Å². The molecule has 0 amide bonds. The van der Waals surface area contributed by atoms with Crippen LogP contribution in [0.1, 0.15) is 32.4 Å². The molecule has 0 spiro atoms. The first kappa shape index (κ1) is 11.0. The Morgan fingerprint density at radius 2 is 2.20 bits per heavy atom. The second-order valence-electron chi connectivity index (χ2n) is 4.61. The Morgan fingerprint density at radius 3 is 2.73 bits per heavy atom. The third-order valence-corrected chi connectivity index (χ3v) is 3.84. The van der Waals surface area contributed by atoms with Crippen LogP contribution in [0.25, 0.3) is 0 Å². The Kier molecular flexibility index (Phi) is 3.37. The van der Waals surface area contributed by atoms with Crippen molar-refractivity contribution in [3.8, 4) is 0 Å². The molecule has 1 N–H and O–H groups in total. The summed E-state index contributed by atoms with van der Waals surface area (Å²) in [6.07, 6.45) is 2.61. The van der Waals surface area contributed by atoms with Gasteiger partial charge in [0, 0.05) is 6.04 Å². The van der Waals surface area contributed by atoms with Crippen LogP contribution in [0.2, 0.25) is 5.22 Å². The first-order chi connectivity index (χ1) is 7.16. The molecule has 0 radical (unpaired) electrons. The van der Waals surface area contributed by atoms with E-state index in [0.717, 1.165) is 24.1 Å². The molecule has 1 saturated carbocycles. The van der Waals surface area contributed by atoms with Crippen molar-refractivity contribution in [1.82, 2.24) is 5.32 Å². The van der Waals surface area contributed by atoms with Crippen molar-refractivity contribution in [3.05, 3.63) is 23.1 Å². The smallest absolute Gasteiger partial charge is 0.193 e. The van der Waals surface area contributed by atoms with Gasteiger partial charge in [-0.05, 0) is 48.4 Å². The predicted molar refractivity (Wildman–Crippen MR) is 61.9 cm³/mol. The molecule has 0 saturated heterocycles. The number of furan rings is 1. The highest BCUT2D eigenvalue weighted by Crippen LogP contribution is 2.31. The molecule has 1 heterocycles. The summed E-state index contributed by atoms with van der Waals surface area (Å²) in [5.74, 6) is 2.52. The van der Waals surface area contributed by atoms with Gasteiger partial charge in [0.15, 0.2) is 5.22 Å². The molecule has 1 aromatic rings. The molecule has 3 atom stereocenters. The third-order valence-electron chi connectivity index (χ3n) is 3.63. The van der Waals surface area contributed by atoms with E-state index in [1.807, 2.05) is 6.07 Å². The lowest BCUT2D eigenvalue weighted by molar-refractivity contribution is 0.356. The number of rotatable bonds is 3. The van der Waals surface area contributed by atoms with Crippen molar-refractivity contribution in [3.63, 3.8) is 0 Å². The van der Waals surface area contributed by atoms with Crippen molar-refractivity contribution in [2.24, 2.45) is 11.8 Å². The number of hydrogen-bond donors (Lipinski definition) is 1. The fraction of sp³-hybridized carbons (Fsp3) is 0.667. The van der Waals surface area contributed by atoms with E-state index in [2.05, 4.69) is 19.2 Å². The predicted octanol–water partition coefficient (Wildman–Crippen LogP) is 3.46. The average Bonchev–Trinajstić information content (AvgIpc) is 2.74. The standard InChI is InChI=1S/C12H18ClNO/c1-8-3-5-11(9(8)2)14-7-10-4-6-12(13)15-10/h4,6,8-9,11,14H,3,5,7H2,1-2H3. The first-order valence-corrected chi connectivity index (χ1v) is 6.02. The quantitative estimate of drug-likeness (QED) is 0.856. The Hall–Kier alpha value is -0.470. The van der Waals surface area contributed by atoms with Crippen LogP contribution in [0.5, 0.6) is 0 Å². The van der Waals surface area contributed by atoms with Gasteiger partial charge in [-0.3, -0.25) is 0 Å². The van der Waals surface area contributed by atoms with E-state index in [0.29, 0.717) is 11.3 Å². The van der Waals surface area contributed by atoms with E-state index in [9.17, 15) is 0 Å². The highest BCUT2D eigenvalue weighted by molar-refractivity contribution is 6.28. The van der Waals surface area contributed by atoms with Gasteiger partial charge in [-0.1, -0.05) is 13.8 Å². The topological polar surface area (TPSA) is 25.2 Å². The molecule has 0 aromatic carbocycles. The highest BCUT2D eigenvalue weighted by atomic mass is 35.5. The largest absolute Gasteiger partial charge is 0.448 e. The van der Waals surface area contributed by atoms with E-state index in [-0.39, 0.29) is 0 Å². The Bertz CT molecular complexity index is 323. The molecule has 0 aliphatic heterocycles. The van der Waals surface area contributed by atoms with Crippen molar-refractivity contribution >= 4 is 11.6 Å². The summed E-state index contributed by atoms with van der Waals surface area (Å²) in [6.45, 7) is 5.44. The van der Waals surface area contributed by atoms with Gasteiger partial charge in [0.25, 0.3) is 0 Å². The lowest BCUT2D eigenvalue weighted by atomic mass is 9.98. The van der Waals surface area contributed by atoms with E-state index < -0.39 is 0 Å². The molecule has 0 bridgehead atoms. The molecule has 1 fully saturated rings. The van der Waals surface area contributed by atoms with Crippen molar-refractivity contribution in [2.45, 2.75) is 39.3 Å². The summed E-state index contributed by atoms with van der Waals surface area (Å²) in [4.78, 5) is 0. The van der Waals surface area contributed by atoms with Gasteiger partial charge in [0.2, 0.25) is 0 Å². The molecule has 15 heavy (non-hydrogen) atoms. The zero-order chi connectivity index (χ0) is 10.8. The maximum absolute atomic E-state index is 5.71. The molecule has 84 valence electrons. The fourth-order valence-electron chi connectivity index (χ4n) is 2.33. The van der Waals surface area contributed by atoms with Gasteiger partial charge in [0.05, 0.1) is 6.54 Å². The van der Waals surface area contributed by atoms with E-state index >= 15 is 0 Å². The zero-order valence-corrected chi connectivity index (χ0v) is 10.1. The third kappa shape index (κ3) is 2.56. The van der Waals surface area contributed by atoms with Crippen molar-refractivity contribution in [1.29, 1.82) is 0 Å². The minimum absolute atomic E-state index is 0.472. The van der Waals surface area contributed by atoms with Crippen molar-refractivity contribution < 1.29 is 4.42 Å². The van der Waals surface area contributed by atoms with Gasteiger partial charge >= 0.3 is 0 Å². The van der Waals surface area contributed by atoms with Gasteiger partial charge < -0.3 is 9.73 Å². The second-order valence-corrected chi connectivity index (χ2v) is 4.98. The number of nitrogens with one attached hydrogen (secondary N) is 1. The van der Waals surface area contributed by atoms with Crippen LogP contribution in [-0.2, 0) is 6.54 Å². The summed E-state index contributed by atoms with van der Waals surface area (Å²) in [7, 11) is 0. The Labute approximate surface area is 96.0 Å². The minimum atomic E-state index is 0.472. The molecular formula is C12H18ClNO. The lowest BCUT2D eigenvalue weighted by Gasteiger charge is -2.18. The molecule has 1 aromatic heterocycles. The summed E-state index contributed by atoms with van der Waals surface area (Å²) in [6, 6.07) is 4.35. The molecule has 1 aliphatic carbocycles. The van der Waals surface area contributed by atoms with Crippen LogP contribution in [0, 0.1) is 11.8 Å². The van der Waals surface area contributed by atoms with Crippen LogP contribution in [0.3, 0.4) is 0 Å². The number of hydrogen-bond acceptors (Lipinski definition) is 2. The average molecular weight is 228 g/mol. The van der Waals surface area contributed by atoms with Crippen molar-refractivity contribution in [2.75, 3.05) is 0 Å². The molecule has 3 heteroatoms. The number of halogens is 1. The summed E-state index contributed by atoms with van der Waals surface area (Å²) < 4.78 is 5.31. The van der Waals surface area contributed by atoms with Crippen LogP contribution >= 0.6 is 11.6 Å². The SMILES string of the molecule is CC1CCC(NCc2ccc(Cl)o2)C1C. The summed E-state index contributed by atoms with van der Waals surface area (Å²) >= 11 is 5.71. The monoisotopic (exact) mass is 227 g/mol. The highest BCUT2D eigenvalue weighted by Gasteiger charge is 2.29. The molecule has 2 nitrogen and oxygen atoms in total. The second kappa shape index (κ2) is 4.58. The lowest BCUT2D eigenvalue weighted by Crippen LogP contribution is -2.31.